The maximum Gasteiger partial charge on any atom is 0.153 e. The summed E-state index contributed by atoms with van der Waals surface area (Å²) in [5, 5.41) is 8.71. The van der Waals surface area contributed by atoms with Crippen LogP contribution in [0.1, 0.15) is 38.1 Å². The van der Waals surface area contributed by atoms with Crippen molar-refractivity contribution in [1.82, 2.24) is 19.6 Å². The molecule has 0 saturated carbocycles. The van der Waals surface area contributed by atoms with E-state index < -0.39 is 0 Å². The third kappa shape index (κ3) is 2.20. The van der Waals surface area contributed by atoms with E-state index in [1.807, 2.05) is 43.3 Å². The van der Waals surface area contributed by atoms with Crippen LogP contribution in [0.25, 0.3) is 11.3 Å². The van der Waals surface area contributed by atoms with Gasteiger partial charge in [-0.05, 0) is 27.7 Å². The summed E-state index contributed by atoms with van der Waals surface area (Å²) in [5.41, 5.74) is 2.03. The molecule has 0 spiro atoms. The number of hydrogen-bond acceptors (Lipinski definition) is 3. The molecule has 18 heavy (non-hydrogen) atoms. The molecular weight excluding hydrogens is 228 g/mol. The largest absolute Gasteiger partial charge is 0.298 e. The van der Waals surface area contributed by atoms with Gasteiger partial charge in [-0.15, -0.1) is 0 Å². The first kappa shape index (κ1) is 12.5. The molecule has 0 unspecified atom stereocenters. The molecular formula is C13H18N4O. The van der Waals surface area contributed by atoms with Crippen LogP contribution >= 0.6 is 0 Å². The molecule has 2 aromatic heterocycles. The Bertz CT molecular complexity index is 560. The predicted molar refractivity (Wildman–Crippen MR) is 69.5 cm³/mol. The molecule has 0 fully saturated rings. The first-order chi connectivity index (χ1) is 8.45. The molecule has 0 N–H and O–H groups in total. The fourth-order valence-electron chi connectivity index (χ4n) is 1.70. The van der Waals surface area contributed by atoms with Gasteiger partial charge in [0.1, 0.15) is 5.69 Å². The second kappa shape index (κ2) is 4.40. The summed E-state index contributed by atoms with van der Waals surface area (Å²) in [7, 11) is 0. The van der Waals surface area contributed by atoms with Crippen molar-refractivity contribution < 1.29 is 4.79 Å². The molecule has 0 aliphatic heterocycles. The van der Waals surface area contributed by atoms with Crippen molar-refractivity contribution in [2.45, 2.75) is 39.8 Å². The van der Waals surface area contributed by atoms with Gasteiger partial charge < -0.3 is 0 Å². The van der Waals surface area contributed by atoms with Crippen LogP contribution in [0.4, 0.5) is 0 Å². The summed E-state index contributed by atoms with van der Waals surface area (Å²) in [4.78, 5) is 11.1. The van der Waals surface area contributed by atoms with E-state index in [1.54, 1.807) is 12.4 Å². The van der Waals surface area contributed by atoms with Gasteiger partial charge in [-0.1, -0.05) is 0 Å². The van der Waals surface area contributed by atoms with Gasteiger partial charge in [0, 0.05) is 24.5 Å². The van der Waals surface area contributed by atoms with Crippen LogP contribution < -0.4 is 0 Å². The average Bonchev–Trinajstić information content (AvgIpc) is 2.93. The van der Waals surface area contributed by atoms with Crippen molar-refractivity contribution in [3.63, 3.8) is 0 Å². The SMILES string of the molecule is CCn1cc(-c2nn(C(C)(C)C)cc2C=O)cn1. The van der Waals surface area contributed by atoms with Gasteiger partial charge in [-0.25, -0.2) is 0 Å². The fraction of sp³-hybridized carbons (Fsp3) is 0.462. The van der Waals surface area contributed by atoms with Gasteiger partial charge in [0.15, 0.2) is 6.29 Å². The Balaban J connectivity index is 2.49. The first-order valence-corrected chi connectivity index (χ1v) is 6.04. The highest BCUT2D eigenvalue weighted by Crippen LogP contribution is 2.23. The van der Waals surface area contributed by atoms with Crippen molar-refractivity contribution in [3.05, 3.63) is 24.2 Å². The van der Waals surface area contributed by atoms with Crippen LogP contribution in [0.15, 0.2) is 18.6 Å². The number of aromatic nitrogens is 4. The Morgan fingerprint density at radius 2 is 2.06 bits per heavy atom. The molecule has 0 amide bonds. The molecule has 0 bridgehead atoms. The van der Waals surface area contributed by atoms with Crippen molar-refractivity contribution in [1.29, 1.82) is 0 Å². The number of aryl methyl sites for hydroxylation is 1. The Morgan fingerprint density at radius 1 is 1.33 bits per heavy atom. The highest BCUT2D eigenvalue weighted by Gasteiger charge is 2.19. The number of hydrogen-bond donors (Lipinski definition) is 0. The van der Waals surface area contributed by atoms with Crippen LogP contribution in [0.2, 0.25) is 0 Å². The molecule has 2 aromatic rings. The lowest BCUT2D eigenvalue weighted by Gasteiger charge is -2.18. The fourth-order valence-corrected chi connectivity index (χ4v) is 1.70. The lowest BCUT2D eigenvalue weighted by Crippen LogP contribution is -2.22. The number of carbonyl (C=O) groups excluding carboxylic acids is 1. The van der Waals surface area contributed by atoms with Crippen molar-refractivity contribution in [3.8, 4) is 11.3 Å². The Hall–Kier alpha value is -1.91. The average molecular weight is 246 g/mol. The third-order valence-electron chi connectivity index (χ3n) is 2.79. The normalized spacial score (nSPS) is 11.8. The number of carbonyl (C=O) groups is 1. The summed E-state index contributed by atoms with van der Waals surface area (Å²) in [6, 6.07) is 0. The molecule has 0 atom stereocenters. The van der Waals surface area contributed by atoms with Gasteiger partial charge in [0.25, 0.3) is 0 Å². The lowest BCUT2D eigenvalue weighted by atomic mass is 10.1. The van der Waals surface area contributed by atoms with E-state index in [4.69, 9.17) is 0 Å². The maximum atomic E-state index is 11.1. The zero-order valence-electron chi connectivity index (χ0n) is 11.2. The molecule has 0 radical (unpaired) electrons. The second-order valence-electron chi connectivity index (χ2n) is 5.25. The standard InChI is InChI=1S/C13H18N4O/c1-5-16-7-10(6-14-16)12-11(9-18)8-17(15-12)13(2,3)4/h6-9H,5H2,1-4H3. The Kier molecular flexibility index (Phi) is 3.07. The predicted octanol–water partition coefficient (Wildman–Crippen LogP) is 2.33. The zero-order valence-corrected chi connectivity index (χ0v) is 11.2. The molecule has 5 nitrogen and oxygen atoms in total. The molecule has 0 aromatic carbocycles. The Labute approximate surface area is 106 Å². The van der Waals surface area contributed by atoms with Gasteiger partial charge in [0.2, 0.25) is 0 Å². The molecule has 5 heteroatoms. The lowest BCUT2D eigenvalue weighted by molar-refractivity contribution is 0.112. The van der Waals surface area contributed by atoms with Crippen LogP contribution in [-0.2, 0) is 12.1 Å². The van der Waals surface area contributed by atoms with Crippen LogP contribution in [0, 0.1) is 0 Å². The molecule has 2 rings (SSSR count). The van der Waals surface area contributed by atoms with Gasteiger partial charge in [-0.2, -0.15) is 10.2 Å². The maximum absolute atomic E-state index is 11.1. The smallest absolute Gasteiger partial charge is 0.153 e. The molecule has 0 aliphatic rings. The van der Waals surface area contributed by atoms with E-state index in [-0.39, 0.29) is 5.54 Å². The Morgan fingerprint density at radius 3 is 2.56 bits per heavy atom. The van der Waals surface area contributed by atoms with Crippen molar-refractivity contribution in [2.24, 2.45) is 0 Å². The number of rotatable bonds is 3. The van der Waals surface area contributed by atoms with Crippen LogP contribution in [-0.4, -0.2) is 25.8 Å². The first-order valence-electron chi connectivity index (χ1n) is 6.04. The van der Waals surface area contributed by atoms with E-state index in [9.17, 15) is 4.79 Å². The summed E-state index contributed by atoms with van der Waals surface area (Å²) >= 11 is 0. The quantitative estimate of drug-likeness (QED) is 0.781. The molecule has 2 heterocycles. The van der Waals surface area contributed by atoms with Gasteiger partial charge >= 0.3 is 0 Å². The van der Waals surface area contributed by atoms with Crippen molar-refractivity contribution >= 4 is 6.29 Å². The summed E-state index contributed by atoms with van der Waals surface area (Å²) in [6.45, 7) is 8.97. The zero-order chi connectivity index (χ0) is 13.3. The van der Waals surface area contributed by atoms with E-state index in [0.717, 1.165) is 18.4 Å². The van der Waals surface area contributed by atoms with E-state index in [0.29, 0.717) is 11.3 Å². The highest BCUT2D eigenvalue weighted by molar-refractivity contribution is 5.85. The van der Waals surface area contributed by atoms with Crippen LogP contribution in [0.5, 0.6) is 0 Å². The number of nitrogens with zero attached hydrogens (tertiary/aromatic N) is 4. The second-order valence-corrected chi connectivity index (χ2v) is 5.25. The van der Waals surface area contributed by atoms with Gasteiger partial charge in [-0.3, -0.25) is 14.2 Å². The van der Waals surface area contributed by atoms with E-state index >= 15 is 0 Å². The van der Waals surface area contributed by atoms with Gasteiger partial charge in [0.05, 0.1) is 17.3 Å². The monoisotopic (exact) mass is 246 g/mol. The molecule has 0 aliphatic carbocycles. The minimum atomic E-state index is -0.142. The minimum Gasteiger partial charge on any atom is -0.298 e. The van der Waals surface area contributed by atoms with Crippen molar-refractivity contribution in [2.75, 3.05) is 0 Å². The van der Waals surface area contributed by atoms with E-state index in [1.165, 1.54) is 0 Å². The highest BCUT2D eigenvalue weighted by atomic mass is 16.1. The number of aldehydes is 1. The molecule has 0 saturated heterocycles. The minimum absolute atomic E-state index is 0.142. The summed E-state index contributed by atoms with van der Waals surface area (Å²) in [6.07, 6.45) is 6.27. The third-order valence-corrected chi connectivity index (χ3v) is 2.79. The summed E-state index contributed by atoms with van der Waals surface area (Å²) < 4.78 is 3.63. The van der Waals surface area contributed by atoms with Crippen LogP contribution in [0.3, 0.4) is 0 Å². The summed E-state index contributed by atoms with van der Waals surface area (Å²) in [5.74, 6) is 0. The topological polar surface area (TPSA) is 52.7 Å². The molecule has 96 valence electrons. The van der Waals surface area contributed by atoms with E-state index in [2.05, 4.69) is 10.2 Å².